The zero-order chi connectivity index (χ0) is 7.56. The zero-order valence-electron chi connectivity index (χ0n) is 6.00. The molecule has 0 saturated heterocycles. The molecule has 0 bridgehead atoms. The Morgan fingerprint density at radius 1 is 1.40 bits per heavy atom. The van der Waals surface area contributed by atoms with Crippen LogP contribution in [0, 0.1) is 0 Å². The lowest BCUT2D eigenvalue weighted by molar-refractivity contribution is 0.806. The average molecular weight is 201 g/mol. The van der Waals surface area contributed by atoms with Crippen LogP contribution in [-0.4, -0.2) is 9.97 Å². The van der Waals surface area contributed by atoms with E-state index in [-0.39, 0.29) is 0 Å². The van der Waals surface area contributed by atoms with E-state index in [0.717, 1.165) is 10.3 Å². The highest BCUT2D eigenvalue weighted by Crippen LogP contribution is 2.12. The van der Waals surface area contributed by atoms with Crippen LogP contribution in [0.25, 0.3) is 0 Å². The first-order valence-corrected chi connectivity index (χ1v) is 3.97. The third-order valence-corrected chi connectivity index (χ3v) is 1.60. The molecule has 3 heteroatoms. The maximum atomic E-state index is 4.23. The van der Waals surface area contributed by atoms with Crippen molar-refractivity contribution in [1.82, 2.24) is 9.97 Å². The highest BCUT2D eigenvalue weighted by molar-refractivity contribution is 9.10. The van der Waals surface area contributed by atoms with Gasteiger partial charge in [0.15, 0.2) is 0 Å². The van der Waals surface area contributed by atoms with Gasteiger partial charge in [0, 0.05) is 6.20 Å². The van der Waals surface area contributed by atoms with Crippen molar-refractivity contribution >= 4 is 15.9 Å². The van der Waals surface area contributed by atoms with Gasteiger partial charge in [-0.3, -0.25) is 4.98 Å². The lowest BCUT2D eigenvalue weighted by Crippen LogP contribution is -1.93. The molecule has 0 spiro atoms. The van der Waals surface area contributed by atoms with Crippen molar-refractivity contribution in [2.75, 3.05) is 0 Å². The molecule has 0 amide bonds. The van der Waals surface area contributed by atoms with Crippen molar-refractivity contribution in [3.05, 3.63) is 22.7 Å². The molecule has 1 rings (SSSR count). The standard InChI is InChI=1S/C7H9BrN2/c1-5(2)6-3-9-4-7(8)10-6/h3-5H,1-2H3. The van der Waals surface area contributed by atoms with Crippen molar-refractivity contribution < 1.29 is 0 Å². The minimum atomic E-state index is 0.449. The minimum absolute atomic E-state index is 0.449. The van der Waals surface area contributed by atoms with Crippen LogP contribution in [0.4, 0.5) is 0 Å². The van der Waals surface area contributed by atoms with E-state index in [1.165, 1.54) is 0 Å². The summed E-state index contributed by atoms with van der Waals surface area (Å²) in [5.41, 5.74) is 1.02. The first kappa shape index (κ1) is 7.66. The van der Waals surface area contributed by atoms with Gasteiger partial charge in [-0.05, 0) is 21.8 Å². The third kappa shape index (κ3) is 1.77. The topological polar surface area (TPSA) is 25.8 Å². The molecule has 0 saturated carbocycles. The van der Waals surface area contributed by atoms with E-state index in [2.05, 4.69) is 39.7 Å². The van der Waals surface area contributed by atoms with Crippen LogP contribution in [-0.2, 0) is 0 Å². The van der Waals surface area contributed by atoms with E-state index in [0.29, 0.717) is 5.92 Å². The summed E-state index contributed by atoms with van der Waals surface area (Å²) in [6.45, 7) is 4.19. The quantitative estimate of drug-likeness (QED) is 0.696. The second-order valence-corrected chi connectivity index (χ2v) is 3.23. The average Bonchev–Trinajstić information content (AvgIpc) is 1.88. The van der Waals surface area contributed by atoms with E-state index >= 15 is 0 Å². The normalized spacial score (nSPS) is 10.4. The molecule has 54 valence electrons. The second kappa shape index (κ2) is 3.10. The molecule has 0 radical (unpaired) electrons. The molecule has 2 nitrogen and oxygen atoms in total. The lowest BCUT2D eigenvalue weighted by atomic mass is 10.1. The highest BCUT2D eigenvalue weighted by Gasteiger charge is 1.99. The van der Waals surface area contributed by atoms with Crippen LogP contribution in [0.5, 0.6) is 0 Å². The fraction of sp³-hybridized carbons (Fsp3) is 0.429. The fourth-order valence-corrected chi connectivity index (χ4v) is 0.957. The fourth-order valence-electron chi connectivity index (χ4n) is 0.634. The van der Waals surface area contributed by atoms with Crippen molar-refractivity contribution in [2.45, 2.75) is 19.8 Å². The van der Waals surface area contributed by atoms with Crippen LogP contribution < -0.4 is 0 Å². The number of rotatable bonds is 1. The molecule has 0 aliphatic carbocycles. The molecule has 0 fully saturated rings. The number of nitrogens with zero attached hydrogens (tertiary/aromatic N) is 2. The van der Waals surface area contributed by atoms with Crippen LogP contribution >= 0.6 is 15.9 Å². The summed E-state index contributed by atoms with van der Waals surface area (Å²) >= 11 is 3.26. The lowest BCUT2D eigenvalue weighted by Gasteiger charge is -2.01. The molecular formula is C7H9BrN2. The Morgan fingerprint density at radius 3 is 2.50 bits per heavy atom. The van der Waals surface area contributed by atoms with E-state index < -0.39 is 0 Å². The van der Waals surface area contributed by atoms with Crippen LogP contribution in [0.15, 0.2) is 17.0 Å². The van der Waals surface area contributed by atoms with Crippen molar-refractivity contribution in [3.8, 4) is 0 Å². The van der Waals surface area contributed by atoms with Crippen molar-refractivity contribution in [1.29, 1.82) is 0 Å². The van der Waals surface area contributed by atoms with Gasteiger partial charge in [-0.25, -0.2) is 4.98 Å². The maximum Gasteiger partial charge on any atom is 0.124 e. The predicted molar refractivity (Wildman–Crippen MR) is 43.8 cm³/mol. The predicted octanol–water partition coefficient (Wildman–Crippen LogP) is 2.36. The summed E-state index contributed by atoms with van der Waals surface area (Å²) in [5.74, 6) is 0.449. The Balaban J connectivity index is 2.96. The molecule has 10 heavy (non-hydrogen) atoms. The zero-order valence-corrected chi connectivity index (χ0v) is 7.59. The Morgan fingerprint density at radius 2 is 2.10 bits per heavy atom. The van der Waals surface area contributed by atoms with Gasteiger partial charge in [0.2, 0.25) is 0 Å². The highest BCUT2D eigenvalue weighted by atomic mass is 79.9. The molecule has 0 aliphatic rings. The van der Waals surface area contributed by atoms with Gasteiger partial charge in [0.1, 0.15) is 4.60 Å². The van der Waals surface area contributed by atoms with Gasteiger partial charge in [-0.2, -0.15) is 0 Å². The first-order valence-electron chi connectivity index (χ1n) is 3.17. The Bertz CT molecular complexity index is 223. The molecule has 0 unspecified atom stereocenters. The number of hydrogen-bond donors (Lipinski definition) is 0. The largest absolute Gasteiger partial charge is 0.260 e. The van der Waals surface area contributed by atoms with E-state index in [4.69, 9.17) is 0 Å². The molecular weight excluding hydrogens is 192 g/mol. The van der Waals surface area contributed by atoms with Gasteiger partial charge >= 0.3 is 0 Å². The molecule has 0 aromatic carbocycles. The third-order valence-electron chi connectivity index (χ3n) is 1.22. The molecule has 1 aromatic heterocycles. The minimum Gasteiger partial charge on any atom is -0.260 e. The van der Waals surface area contributed by atoms with Crippen molar-refractivity contribution in [2.24, 2.45) is 0 Å². The Kier molecular flexibility index (Phi) is 2.38. The SMILES string of the molecule is CC(C)c1cncc(Br)n1. The number of aromatic nitrogens is 2. The van der Waals surface area contributed by atoms with Crippen LogP contribution in [0.2, 0.25) is 0 Å². The molecule has 0 N–H and O–H groups in total. The van der Waals surface area contributed by atoms with Gasteiger partial charge in [0.05, 0.1) is 11.9 Å². The smallest absolute Gasteiger partial charge is 0.124 e. The first-order chi connectivity index (χ1) is 4.70. The van der Waals surface area contributed by atoms with Gasteiger partial charge in [-0.1, -0.05) is 13.8 Å². The van der Waals surface area contributed by atoms with Crippen molar-refractivity contribution in [3.63, 3.8) is 0 Å². The Hall–Kier alpha value is -0.440. The Labute approximate surface area is 68.8 Å². The summed E-state index contributed by atoms with van der Waals surface area (Å²) in [4.78, 5) is 8.22. The molecule has 0 atom stereocenters. The van der Waals surface area contributed by atoms with Crippen LogP contribution in [0.3, 0.4) is 0 Å². The van der Waals surface area contributed by atoms with E-state index in [1.54, 1.807) is 12.4 Å². The van der Waals surface area contributed by atoms with Gasteiger partial charge < -0.3 is 0 Å². The molecule has 0 aliphatic heterocycles. The number of hydrogen-bond acceptors (Lipinski definition) is 2. The summed E-state index contributed by atoms with van der Waals surface area (Å²) in [7, 11) is 0. The summed E-state index contributed by atoms with van der Waals surface area (Å²) < 4.78 is 0.804. The van der Waals surface area contributed by atoms with Gasteiger partial charge in [0.25, 0.3) is 0 Å². The second-order valence-electron chi connectivity index (χ2n) is 2.42. The van der Waals surface area contributed by atoms with E-state index in [1.807, 2.05) is 0 Å². The summed E-state index contributed by atoms with van der Waals surface area (Å²) in [6, 6.07) is 0. The van der Waals surface area contributed by atoms with Crippen LogP contribution in [0.1, 0.15) is 25.5 Å². The maximum absolute atomic E-state index is 4.23. The van der Waals surface area contributed by atoms with Gasteiger partial charge in [-0.15, -0.1) is 0 Å². The summed E-state index contributed by atoms with van der Waals surface area (Å²) in [6.07, 6.45) is 3.47. The van der Waals surface area contributed by atoms with E-state index in [9.17, 15) is 0 Å². The summed E-state index contributed by atoms with van der Waals surface area (Å²) in [5, 5.41) is 0. The monoisotopic (exact) mass is 200 g/mol. The molecule has 1 heterocycles. The number of halogens is 1. The molecule has 1 aromatic rings.